The van der Waals surface area contributed by atoms with E-state index in [9.17, 15) is 19.8 Å². The van der Waals surface area contributed by atoms with Crippen LogP contribution in [0.1, 0.15) is 137 Å². The first-order chi connectivity index (χ1) is 15.5. The second-order valence-electron chi connectivity index (χ2n) is 8.96. The van der Waals surface area contributed by atoms with E-state index in [-0.39, 0.29) is 70.2 Å². The molecule has 1 rings (SSSR count). The largest absolute Gasteiger partial charge is 1.00 e. The normalized spacial score (nSPS) is 10.3. The van der Waals surface area contributed by atoms with Gasteiger partial charge in [0.15, 0.2) is 0 Å². The van der Waals surface area contributed by atoms with Crippen LogP contribution in [0.2, 0.25) is 0 Å². The molecule has 0 saturated carbocycles. The Morgan fingerprint density at radius 3 is 1.24 bits per heavy atom. The summed E-state index contributed by atoms with van der Waals surface area (Å²) in [6.07, 6.45) is 22.5. The summed E-state index contributed by atoms with van der Waals surface area (Å²) in [6, 6.07) is 3.86. The number of hydrogen-bond acceptors (Lipinski definition) is 5. The van der Waals surface area contributed by atoms with Gasteiger partial charge in [0.1, 0.15) is 0 Å². The fraction of sp³-hybridized carbons (Fsp3) is 0.704. The van der Waals surface area contributed by atoms with Gasteiger partial charge >= 0.3 is 59.1 Å². The van der Waals surface area contributed by atoms with Crippen LogP contribution < -0.4 is 74.6 Å². The van der Waals surface area contributed by atoms with Gasteiger partial charge in [-0.25, -0.2) is 0 Å². The zero-order chi connectivity index (χ0) is 23.4. The number of carboxylic acid groups (broad SMARTS) is 2. The molecular formula is C27H43NNa2O4. The molecule has 1 aromatic carbocycles. The maximum absolute atomic E-state index is 11.0. The molecule has 0 aromatic heterocycles. The van der Waals surface area contributed by atoms with Gasteiger partial charge in [-0.15, -0.1) is 0 Å². The average Bonchev–Trinajstić information content (AvgIpc) is 2.78. The molecule has 34 heavy (non-hydrogen) atoms. The van der Waals surface area contributed by atoms with Crippen LogP contribution >= 0.6 is 0 Å². The number of anilines is 1. The van der Waals surface area contributed by atoms with Crippen LogP contribution in [0.5, 0.6) is 0 Å². The minimum absolute atomic E-state index is 0. The molecule has 5 nitrogen and oxygen atoms in total. The Hall–Kier alpha value is -0.0400. The molecule has 0 radical (unpaired) electrons. The molecule has 0 aliphatic heterocycles. The van der Waals surface area contributed by atoms with E-state index >= 15 is 0 Å². The molecule has 7 heteroatoms. The van der Waals surface area contributed by atoms with Gasteiger partial charge < -0.3 is 25.1 Å². The summed E-state index contributed by atoms with van der Waals surface area (Å²) in [6.45, 7) is 2.95. The summed E-state index contributed by atoms with van der Waals surface area (Å²) in [7, 11) is 0. The van der Waals surface area contributed by atoms with E-state index < -0.39 is 11.9 Å². The minimum Gasteiger partial charge on any atom is -0.545 e. The molecule has 0 saturated heterocycles. The maximum atomic E-state index is 11.0. The van der Waals surface area contributed by atoms with Crippen LogP contribution in [0.25, 0.3) is 0 Å². The van der Waals surface area contributed by atoms with Crippen molar-refractivity contribution in [1.29, 1.82) is 0 Å². The van der Waals surface area contributed by atoms with Gasteiger partial charge in [0.2, 0.25) is 0 Å². The van der Waals surface area contributed by atoms with Crippen LogP contribution in [-0.4, -0.2) is 18.5 Å². The van der Waals surface area contributed by atoms with Gasteiger partial charge in [-0.05, 0) is 35.7 Å². The monoisotopic (exact) mass is 491 g/mol. The number of nitrogens with one attached hydrogen (secondary N) is 1. The van der Waals surface area contributed by atoms with Crippen LogP contribution in [0.15, 0.2) is 18.2 Å². The number of unbranched alkanes of at least 4 members (excludes halogenated alkanes) is 16. The van der Waals surface area contributed by atoms with Crippen molar-refractivity contribution < 1.29 is 78.9 Å². The van der Waals surface area contributed by atoms with E-state index in [4.69, 9.17) is 0 Å². The van der Waals surface area contributed by atoms with Gasteiger partial charge in [-0.1, -0.05) is 110 Å². The van der Waals surface area contributed by atoms with E-state index in [2.05, 4.69) is 12.2 Å². The molecule has 182 valence electrons. The third kappa shape index (κ3) is 19.2. The fourth-order valence-corrected chi connectivity index (χ4v) is 4.05. The van der Waals surface area contributed by atoms with E-state index in [1.807, 2.05) is 0 Å². The second kappa shape index (κ2) is 24.6. The fourth-order valence-electron chi connectivity index (χ4n) is 4.05. The molecule has 0 aliphatic carbocycles. The minimum atomic E-state index is -1.39. The third-order valence-corrected chi connectivity index (χ3v) is 6.01. The smallest absolute Gasteiger partial charge is 0.545 e. The van der Waals surface area contributed by atoms with Crippen LogP contribution in [0.4, 0.5) is 5.69 Å². The molecule has 0 heterocycles. The predicted octanol–water partition coefficient (Wildman–Crippen LogP) is -0.515. The van der Waals surface area contributed by atoms with Crippen molar-refractivity contribution in [2.45, 2.75) is 116 Å². The first-order valence-electron chi connectivity index (χ1n) is 12.9. The quantitative estimate of drug-likeness (QED) is 0.185. The molecule has 1 N–H and O–H groups in total. The van der Waals surface area contributed by atoms with Crippen molar-refractivity contribution in [3.63, 3.8) is 0 Å². The van der Waals surface area contributed by atoms with Gasteiger partial charge in [-0.2, -0.15) is 0 Å². The summed E-state index contributed by atoms with van der Waals surface area (Å²) < 4.78 is 0. The molecule has 0 bridgehead atoms. The predicted molar refractivity (Wildman–Crippen MR) is 128 cm³/mol. The number of benzene rings is 1. The average molecular weight is 492 g/mol. The third-order valence-electron chi connectivity index (χ3n) is 6.01. The van der Waals surface area contributed by atoms with Crippen molar-refractivity contribution in [2.24, 2.45) is 0 Å². The Kier molecular flexibility index (Phi) is 26.2. The standard InChI is InChI=1S/C27H45NO4.2Na/c1-2-3-4-5-6-7-8-9-10-11-12-13-14-15-16-17-18-19-28-25-21-23(26(29)30)20-24(22-25)27(31)32;;/h20-22,28H,2-19H2,1H3,(H,29,30)(H,31,32);;/q;2*+1/p-2. The number of aromatic carboxylic acids is 2. The molecule has 0 atom stereocenters. The summed E-state index contributed by atoms with van der Waals surface area (Å²) in [4.78, 5) is 22.0. The van der Waals surface area contributed by atoms with Crippen molar-refractivity contribution in [1.82, 2.24) is 0 Å². The maximum Gasteiger partial charge on any atom is 1.00 e. The number of hydrogen-bond donors (Lipinski definition) is 1. The molecular weight excluding hydrogens is 448 g/mol. The van der Waals surface area contributed by atoms with Crippen LogP contribution in [0, 0.1) is 0 Å². The number of carbonyl (C=O) groups excluding carboxylic acids is 2. The van der Waals surface area contributed by atoms with Gasteiger partial charge in [0, 0.05) is 12.2 Å². The Morgan fingerprint density at radius 1 is 0.588 bits per heavy atom. The van der Waals surface area contributed by atoms with Gasteiger partial charge in [0.05, 0.1) is 11.9 Å². The van der Waals surface area contributed by atoms with Crippen LogP contribution in [0.3, 0.4) is 0 Å². The summed E-state index contributed by atoms with van der Waals surface area (Å²) in [5, 5.41) is 25.1. The molecule has 1 aromatic rings. The molecule has 0 spiro atoms. The second-order valence-corrected chi connectivity index (χ2v) is 8.96. The molecule has 0 amide bonds. The Labute approximate surface area is 251 Å². The zero-order valence-electron chi connectivity index (χ0n) is 22.1. The molecule has 0 aliphatic rings. The Balaban J connectivity index is 0. The van der Waals surface area contributed by atoms with Crippen molar-refractivity contribution in [3.05, 3.63) is 29.3 Å². The van der Waals surface area contributed by atoms with Crippen molar-refractivity contribution in [3.8, 4) is 0 Å². The van der Waals surface area contributed by atoms with E-state index in [1.54, 1.807) is 0 Å². The topological polar surface area (TPSA) is 92.3 Å². The first-order valence-corrected chi connectivity index (χ1v) is 12.9. The zero-order valence-corrected chi connectivity index (χ0v) is 26.1. The van der Waals surface area contributed by atoms with E-state index in [1.165, 1.54) is 108 Å². The van der Waals surface area contributed by atoms with E-state index in [0.717, 1.165) is 18.9 Å². The summed E-state index contributed by atoms with van der Waals surface area (Å²) in [5.74, 6) is -2.79. The van der Waals surface area contributed by atoms with Crippen LogP contribution in [-0.2, 0) is 0 Å². The Morgan fingerprint density at radius 2 is 0.912 bits per heavy atom. The first kappa shape index (κ1) is 36.1. The SMILES string of the molecule is CCCCCCCCCCCCCCCCCCCNc1cc(C(=O)[O-])cc(C(=O)[O-])c1.[Na+].[Na+]. The van der Waals surface area contributed by atoms with E-state index in [0.29, 0.717) is 12.2 Å². The van der Waals surface area contributed by atoms with Gasteiger partial charge in [0.25, 0.3) is 0 Å². The van der Waals surface area contributed by atoms with Crippen molar-refractivity contribution in [2.75, 3.05) is 11.9 Å². The Bertz CT molecular complexity index is 623. The molecule has 0 unspecified atom stereocenters. The molecule has 0 fully saturated rings. The summed E-state index contributed by atoms with van der Waals surface area (Å²) in [5.41, 5.74) is 0.163. The number of carboxylic acids is 2. The van der Waals surface area contributed by atoms with Crippen molar-refractivity contribution >= 4 is 17.6 Å². The summed E-state index contributed by atoms with van der Waals surface area (Å²) >= 11 is 0. The van der Waals surface area contributed by atoms with Gasteiger partial charge in [-0.3, -0.25) is 0 Å². The number of carbonyl (C=O) groups is 2. The number of rotatable bonds is 21.